The number of benzene rings is 1. The van der Waals surface area contributed by atoms with E-state index < -0.39 is 0 Å². The number of rotatable bonds is 4. The van der Waals surface area contributed by atoms with E-state index in [4.69, 9.17) is 14.2 Å². The van der Waals surface area contributed by atoms with Crippen LogP contribution in [0.5, 0.6) is 11.5 Å². The molecule has 1 heterocycles. The molecule has 1 N–H and O–H groups in total. The van der Waals surface area contributed by atoms with E-state index in [1.165, 1.54) is 0 Å². The second kappa shape index (κ2) is 7.17. The molecule has 1 aromatic rings. The number of carbonyl (C=O) groups is 1. The summed E-state index contributed by atoms with van der Waals surface area (Å²) in [6.07, 6.45) is 0.0688. The maximum atomic E-state index is 12.2. The van der Waals surface area contributed by atoms with Gasteiger partial charge in [0.25, 0.3) is 0 Å². The van der Waals surface area contributed by atoms with Crippen LogP contribution in [0.25, 0.3) is 0 Å². The summed E-state index contributed by atoms with van der Waals surface area (Å²) >= 11 is 0. The van der Waals surface area contributed by atoms with E-state index in [0.29, 0.717) is 43.5 Å². The van der Waals surface area contributed by atoms with Crippen molar-refractivity contribution in [2.24, 2.45) is 0 Å². The molecule has 1 aliphatic heterocycles. The molecule has 1 fully saturated rings. The van der Waals surface area contributed by atoms with E-state index in [0.717, 1.165) is 0 Å². The molecule has 0 saturated carbocycles. The third-order valence-corrected chi connectivity index (χ3v) is 3.24. The molecule has 0 bridgehead atoms. The highest BCUT2D eigenvalue weighted by Crippen LogP contribution is 2.30. The van der Waals surface area contributed by atoms with Crippen molar-refractivity contribution in [3.8, 4) is 11.5 Å². The Morgan fingerprint density at radius 1 is 1.48 bits per heavy atom. The number of urea groups is 1. The van der Waals surface area contributed by atoms with Crippen LogP contribution in [-0.2, 0) is 4.74 Å². The van der Waals surface area contributed by atoms with Gasteiger partial charge in [0.15, 0.2) is 11.5 Å². The maximum absolute atomic E-state index is 12.2. The van der Waals surface area contributed by atoms with Gasteiger partial charge in [-0.05, 0) is 26.0 Å². The Morgan fingerprint density at radius 3 is 2.95 bits per heavy atom. The molecule has 0 spiro atoms. The molecule has 1 aliphatic rings. The van der Waals surface area contributed by atoms with Crippen LogP contribution in [0.3, 0.4) is 0 Å². The van der Waals surface area contributed by atoms with Crippen molar-refractivity contribution in [2.75, 3.05) is 38.7 Å². The van der Waals surface area contributed by atoms with Gasteiger partial charge >= 0.3 is 6.03 Å². The number of carbonyl (C=O) groups excluding carboxylic acids is 1. The molecule has 1 saturated heterocycles. The number of morpholine rings is 1. The number of hydrogen-bond donors (Lipinski definition) is 1. The highest BCUT2D eigenvalue weighted by molar-refractivity contribution is 5.89. The average Bonchev–Trinajstić information content (AvgIpc) is 2.48. The minimum Gasteiger partial charge on any atom is -0.493 e. The zero-order chi connectivity index (χ0) is 15.2. The molecule has 2 amide bonds. The molecule has 2 rings (SSSR count). The van der Waals surface area contributed by atoms with Crippen LogP contribution >= 0.6 is 0 Å². The Balaban J connectivity index is 2.04. The molecule has 116 valence electrons. The maximum Gasteiger partial charge on any atom is 0.322 e. The summed E-state index contributed by atoms with van der Waals surface area (Å²) in [5.41, 5.74) is 0.684. The van der Waals surface area contributed by atoms with Gasteiger partial charge in [0.2, 0.25) is 0 Å². The number of amides is 2. The van der Waals surface area contributed by atoms with Crippen LogP contribution in [-0.4, -0.2) is 50.4 Å². The van der Waals surface area contributed by atoms with Gasteiger partial charge in [-0.15, -0.1) is 0 Å². The summed E-state index contributed by atoms with van der Waals surface area (Å²) in [6, 6.07) is 5.22. The molecule has 0 radical (unpaired) electrons. The third kappa shape index (κ3) is 4.01. The van der Waals surface area contributed by atoms with E-state index in [2.05, 4.69) is 5.32 Å². The molecule has 0 aromatic heterocycles. The van der Waals surface area contributed by atoms with Gasteiger partial charge in [-0.25, -0.2) is 4.79 Å². The monoisotopic (exact) mass is 294 g/mol. The number of ether oxygens (including phenoxy) is 3. The Hall–Kier alpha value is -1.95. The average molecular weight is 294 g/mol. The van der Waals surface area contributed by atoms with Crippen LogP contribution in [0.1, 0.15) is 13.8 Å². The predicted molar refractivity (Wildman–Crippen MR) is 80.2 cm³/mol. The molecule has 0 aliphatic carbocycles. The van der Waals surface area contributed by atoms with Gasteiger partial charge in [-0.3, -0.25) is 0 Å². The highest BCUT2D eigenvalue weighted by Gasteiger charge is 2.21. The molecular formula is C15H22N2O4. The summed E-state index contributed by atoms with van der Waals surface area (Å²) in [6.45, 7) is 6.17. The molecule has 21 heavy (non-hydrogen) atoms. The molecule has 6 heteroatoms. The van der Waals surface area contributed by atoms with Crippen LogP contribution in [0.15, 0.2) is 18.2 Å². The van der Waals surface area contributed by atoms with Crippen LogP contribution in [0.4, 0.5) is 10.5 Å². The van der Waals surface area contributed by atoms with Gasteiger partial charge < -0.3 is 24.4 Å². The van der Waals surface area contributed by atoms with Gasteiger partial charge in [0.1, 0.15) is 0 Å². The fourth-order valence-corrected chi connectivity index (χ4v) is 2.23. The standard InChI is InChI=1S/C15H22N2O4/c1-4-20-14-9-12(5-6-13(14)19-3)16-15(18)17-7-8-21-11(2)10-17/h5-6,9,11H,4,7-8,10H2,1-3H3,(H,16,18). The number of methoxy groups -OCH3 is 1. The third-order valence-electron chi connectivity index (χ3n) is 3.24. The molecule has 1 atom stereocenters. The molecular weight excluding hydrogens is 272 g/mol. The Morgan fingerprint density at radius 2 is 2.29 bits per heavy atom. The van der Waals surface area contributed by atoms with Crippen LogP contribution < -0.4 is 14.8 Å². The zero-order valence-electron chi connectivity index (χ0n) is 12.7. The van der Waals surface area contributed by atoms with Gasteiger partial charge in [-0.1, -0.05) is 0 Å². The largest absolute Gasteiger partial charge is 0.493 e. The first-order valence-electron chi connectivity index (χ1n) is 7.12. The number of nitrogens with one attached hydrogen (secondary N) is 1. The topological polar surface area (TPSA) is 60.0 Å². The predicted octanol–water partition coefficient (Wildman–Crippen LogP) is 2.35. The molecule has 1 aromatic carbocycles. The van der Waals surface area contributed by atoms with Crippen LogP contribution in [0.2, 0.25) is 0 Å². The number of nitrogens with zero attached hydrogens (tertiary/aromatic N) is 1. The fourth-order valence-electron chi connectivity index (χ4n) is 2.23. The van der Waals surface area contributed by atoms with Gasteiger partial charge in [-0.2, -0.15) is 0 Å². The van der Waals surface area contributed by atoms with Crippen molar-refractivity contribution in [1.82, 2.24) is 4.90 Å². The van der Waals surface area contributed by atoms with Crippen molar-refractivity contribution >= 4 is 11.7 Å². The Kier molecular flexibility index (Phi) is 5.27. The van der Waals surface area contributed by atoms with Crippen LogP contribution in [0, 0.1) is 0 Å². The summed E-state index contributed by atoms with van der Waals surface area (Å²) in [7, 11) is 1.59. The summed E-state index contributed by atoms with van der Waals surface area (Å²) in [5.74, 6) is 1.27. The fraction of sp³-hybridized carbons (Fsp3) is 0.533. The van der Waals surface area contributed by atoms with E-state index in [1.807, 2.05) is 13.8 Å². The normalized spacial score (nSPS) is 18.2. The lowest BCUT2D eigenvalue weighted by Gasteiger charge is -2.31. The Bertz CT molecular complexity index is 493. The first-order valence-corrected chi connectivity index (χ1v) is 7.12. The summed E-state index contributed by atoms with van der Waals surface area (Å²) in [4.78, 5) is 14.0. The van der Waals surface area contributed by atoms with E-state index in [-0.39, 0.29) is 12.1 Å². The van der Waals surface area contributed by atoms with Gasteiger partial charge in [0, 0.05) is 24.8 Å². The lowest BCUT2D eigenvalue weighted by molar-refractivity contribution is -0.00138. The molecule has 1 unspecified atom stereocenters. The smallest absolute Gasteiger partial charge is 0.322 e. The first-order chi connectivity index (χ1) is 10.1. The minimum absolute atomic E-state index is 0.0688. The first kappa shape index (κ1) is 15.4. The van der Waals surface area contributed by atoms with E-state index >= 15 is 0 Å². The number of hydrogen-bond acceptors (Lipinski definition) is 4. The molecule has 6 nitrogen and oxygen atoms in total. The van der Waals surface area contributed by atoms with E-state index in [1.54, 1.807) is 30.2 Å². The number of anilines is 1. The van der Waals surface area contributed by atoms with E-state index in [9.17, 15) is 4.79 Å². The summed E-state index contributed by atoms with van der Waals surface area (Å²) in [5, 5.41) is 2.88. The summed E-state index contributed by atoms with van der Waals surface area (Å²) < 4.78 is 16.2. The van der Waals surface area contributed by atoms with Crippen molar-refractivity contribution in [1.29, 1.82) is 0 Å². The quantitative estimate of drug-likeness (QED) is 0.926. The van der Waals surface area contributed by atoms with Gasteiger partial charge in [0.05, 0.1) is 26.4 Å². The lowest BCUT2D eigenvalue weighted by Crippen LogP contribution is -2.46. The lowest BCUT2D eigenvalue weighted by atomic mass is 10.2. The highest BCUT2D eigenvalue weighted by atomic mass is 16.5. The SMILES string of the molecule is CCOc1cc(NC(=O)N2CCOC(C)C2)ccc1OC. The minimum atomic E-state index is -0.127. The van der Waals surface area contributed by atoms with Crippen molar-refractivity contribution in [3.05, 3.63) is 18.2 Å². The van der Waals surface area contributed by atoms with Crippen molar-refractivity contribution < 1.29 is 19.0 Å². The second-order valence-corrected chi connectivity index (χ2v) is 4.86. The van der Waals surface area contributed by atoms with Crippen molar-refractivity contribution in [3.63, 3.8) is 0 Å². The zero-order valence-corrected chi connectivity index (χ0v) is 12.7. The van der Waals surface area contributed by atoms with Crippen molar-refractivity contribution in [2.45, 2.75) is 20.0 Å². The second-order valence-electron chi connectivity index (χ2n) is 4.86. The Labute approximate surface area is 125 Å².